The molecule has 0 aliphatic rings. The number of hydrogen-bond donors (Lipinski definition) is 1. The van der Waals surface area contributed by atoms with E-state index in [2.05, 4.69) is 5.10 Å². The van der Waals surface area contributed by atoms with Gasteiger partial charge in [-0.05, 0) is 25.0 Å². The Labute approximate surface area is 122 Å². The second kappa shape index (κ2) is 5.53. The van der Waals surface area contributed by atoms with Crippen molar-refractivity contribution in [3.8, 4) is 0 Å². The molecule has 1 atom stereocenters. The average molecular weight is 299 g/mol. The average Bonchev–Trinajstić information content (AvgIpc) is 2.59. The molecule has 19 heavy (non-hydrogen) atoms. The lowest BCUT2D eigenvalue weighted by molar-refractivity contribution is 0.176. The maximum Gasteiger partial charge on any atom is 0.0860 e. The second-order valence-corrected chi connectivity index (χ2v) is 5.42. The normalized spacial score (nSPS) is 12.7. The topological polar surface area (TPSA) is 38.1 Å². The third-order valence-electron chi connectivity index (χ3n) is 3.23. The highest BCUT2D eigenvalue weighted by Gasteiger charge is 2.18. The third kappa shape index (κ3) is 2.78. The second-order valence-electron chi connectivity index (χ2n) is 4.67. The standard InChI is InChI=1S/C14H16Cl2N2O/c1-8-5-4-6-10(13(8)15)12(19)7-11-14(16)9(2)17-18(11)3/h4-6,12,19H,7H2,1-3H3. The Kier molecular flexibility index (Phi) is 4.19. The first-order valence-electron chi connectivity index (χ1n) is 6.03. The predicted octanol–water partition coefficient (Wildman–Crippen LogP) is 3.62. The van der Waals surface area contributed by atoms with Gasteiger partial charge in [0, 0.05) is 18.5 Å². The van der Waals surface area contributed by atoms with E-state index in [1.807, 2.05) is 39.1 Å². The van der Waals surface area contributed by atoms with Crippen LogP contribution >= 0.6 is 23.2 Å². The maximum absolute atomic E-state index is 10.4. The molecule has 5 heteroatoms. The largest absolute Gasteiger partial charge is 0.388 e. The van der Waals surface area contributed by atoms with Gasteiger partial charge in [0.2, 0.25) is 0 Å². The zero-order valence-corrected chi connectivity index (χ0v) is 12.6. The van der Waals surface area contributed by atoms with Gasteiger partial charge in [-0.1, -0.05) is 41.4 Å². The minimum Gasteiger partial charge on any atom is -0.388 e. The number of rotatable bonds is 3. The van der Waals surface area contributed by atoms with Gasteiger partial charge in [0.25, 0.3) is 0 Å². The Bertz CT molecular complexity index is 608. The molecule has 0 aliphatic carbocycles. The monoisotopic (exact) mass is 298 g/mol. The van der Waals surface area contributed by atoms with Crippen LogP contribution in [0.15, 0.2) is 18.2 Å². The summed E-state index contributed by atoms with van der Waals surface area (Å²) in [6.07, 6.45) is -0.306. The van der Waals surface area contributed by atoms with Gasteiger partial charge in [0.15, 0.2) is 0 Å². The molecule has 102 valence electrons. The Hall–Kier alpha value is -1.03. The van der Waals surface area contributed by atoms with E-state index in [4.69, 9.17) is 23.2 Å². The highest BCUT2D eigenvalue weighted by molar-refractivity contribution is 6.32. The molecule has 3 nitrogen and oxygen atoms in total. The fraction of sp³-hybridized carbons (Fsp3) is 0.357. The molecule has 1 heterocycles. The lowest BCUT2D eigenvalue weighted by Gasteiger charge is -2.14. The van der Waals surface area contributed by atoms with Crippen LogP contribution in [0.3, 0.4) is 0 Å². The molecule has 0 fully saturated rings. The van der Waals surface area contributed by atoms with Crippen molar-refractivity contribution in [1.29, 1.82) is 0 Å². The van der Waals surface area contributed by atoms with Crippen molar-refractivity contribution in [2.45, 2.75) is 26.4 Å². The van der Waals surface area contributed by atoms with Crippen molar-refractivity contribution >= 4 is 23.2 Å². The number of nitrogens with zero attached hydrogens (tertiary/aromatic N) is 2. The first-order chi connectivity index (χ1) is 8.91. The zero-order chi connectivity index (χ0) is 14.2. The van der Waals surface area contributed by atoms with Crippen molar-refractivity contribution in [1.82, 2.24) is 9.78 Å². The van der Waals surface area contributed by atoms with Crippen LogP contribution in [0.25, 0.3) is 0 Å². The smallest absolute Gasteiger partial charge is 0.0860 e. The van der Waals surface area contributed by atoms with E-state index in [1.54, 1.807) is 4.68 Å². The first kappa shape index (κ1) is 14.4. The van der Waals surface area contributed by atoms with E-state index in [0.29, 0.717) is 16.5 Å². The Morgan fingerprint density at radius 1 is 1.26 bits per heavy atom. The summed E-state index contributed by atoms with van der Waals surface area (Å²) in [4.78, 5) is 0. The summed E-state index contributed by atoms with van der Waals surface area (Å²) in [5.41, 5.74) is 3.24. The van der Waals surface area contributed by atoms with Crippen LogP contribution < -0.4 is 0 Å². The number of aliphatic hydroxyl groups is 1. The fourth-order valence-corrected chi connectivity index (χ4v) is 2.61. The lowest BCUT2D eigenvalue weighted by Crippen LogP contribution is -2.07. The summed E-state index contributed by atoms with van der Waals surface area (Å²) < 4.78 is 1.70. The molecule has 2 rings (SSSR count). The molecule has 0 spiro atoms. The summed E-state index contributed by atoms with van der Waals surface area (Å²) in [7, 11) is 1.82. The van der Waals surface area contributed by atoms with E-state index < -0.39 is 6.10 Å². The molecule has 0 amide bonds. The van der Waals surface area contributed by atoms with Gasteiger partial charge >= 0.3 is 0 Å². The van der Waals surface area contributed by atoms with Crippen molar-refractivity contribution in [2.75, 3.05) is 0 Å². The van der Waals surface area contributed by atoms with Gasteiger partial charge in [0.05, 0.1) is 22.5 Å². The van der Waals surface area contributed by atoms with E-state index in [-0.39, 0.29) is 0 Å². The summed E-state index contributed by atoms with van der Waals surface area (Å²) in [6.45, 7) is 3.76. The third-order valence-corrected chi connectivity index (χ3v) is 4.24. The number of benzene rings is 1. The number of halogens is 2. The van der Waals surface area contributed by atoms with Gasteiger partial charge in [-0.25, -0.2) is 0 Å². The van der Waals surface area contributed by atoms with Crippen LogP contribution in [0.1, 0.15) is 28.6 Å². The van der Waals surface area contributed by atoms with Crippen molar-refractivity contribution in [2.24, 2.45) is 7.05 Å². The summed E-state index contributed by atoms with van der Waals surface area (Å²) >= 11 is 12.4. The van der Waals surface area contributed by atoms with E-state index in [9.17, 15) is 5.11 Å². The molecule has 2 aromatic rings. The molecule has 0 radical (unpaired) electrons. The van der Waals surface area contributed by atoms with E-state index in [1.165, 1.54) is 0 Å². The zero-order valence-electron chi connectivity index (χ0n) is 11.1. The Morgan fingerprint density at radius 2 is 1.95 bits per heavy atom. The molecule has 0 aliphatic heterocycles. The molecule has 0 saturated carbocycles. The van der Waals surface area contributed by atoms with Crippen molar-refractivity contribution in [3.05, 3.63) is 50.8 Å². The van der Waals surface area contributed by atoms with Crippen LogP contribution in [0.4, 0.5) is 0 Å². The molecule has 1 aromatic heterocycles. The SMILES string of the molecule is Cc1cccc(C(O)Cc2c(Cl)c(C)nn2C)c1Cl. The summed E-state index contributed by atoms with van der Waals surface area (Å²) in [5, 5.41) is 15.8. The highest BCUT2D eigenvalue weighted by atomic mass is 35.5. The minimum atomic E-state index is -0.695. The molecule has 1 N–H and O–H groups in total. The molecule has 0 saturated heterocycles. The molecular weight excluding hydrogens is 283 g/mol. The van der Waals surface area contributed by atoms with Crippen LogP contribution in [-0.4, -0.2) is 14.9 Å². The first-order valence-corrected chi connectivity index (χ1v) is 6.78. The van der Waals surface area contributed by atoms with E-state index >= 15 is 0 Å². The number of aliphatic hydroxyl groups excluding tert-OH is 1. The van der Waals surface area contributed by atoms with Crippen LogP contribution in [-0.2, 0) is 13.5 Å². The molecular formula is C14H16Cl2N2O. The highest BCUT2D eigenvalue weighted by Crippen LogP contribution is 2.30. The Morgan fingerprint density at radius 3 is 2.53 bits per heavy atom. The summed E-state index contributed by atoms with van der Waals surface area (Å²) in [6, 6.07) is 5.63. The molecule has 1 unspecified atom stereocenters. The summed E-state index contributed by atoms with van der Waals surface area (Å²) in [5.74, 6) is 0. The number of aryl methyl sites for hydroxylation is 3. The van der Waals surface area contributed by atoms with Gasteiger partial charge in [-0.3, -0.25) is 4.68 Å². The Balaban J connectivity index is 2.31. The number of hydrogen-bond acceptors (Lipinski definition) is 2. The number of aromatic nitrogens is 2. The van der Waals surface area contributed by atoms with Gasteiger partial charge in [-0.15, -0.1) is 0 Å². The molecule has 0 bridgehead atoms. The predicted molar refractivity (Wildman–Crippen MR) is 77.8 cm³/mol. The van der Waals surface area contributed by atoms with Crippen LogP contribution in [0.5, 0.6) is 0 Å². The van der Waals surface area contributed by atoms with Crippen LogP contribution in [0, 0.1) is 13.8 Å². The van der Waals surface area contributed by atoms with Crippen molar-refractivity contribution < 1.29 is 5.11 Å². The van der Waals surface area contributed by atoms with Gasteiger partial charge in [-0.2, -0.15) is 5.10 Å². The minimum absolute atomic E-state index is 0.388. The lowest BCUT2D eigenvalue weighted by atomic mass is 10.0. The van der Waals surface area contributed by atoms with Crippen molar-refractivity contribution in [3.63, 3.8) is 0 Å². The van der Waals surface area contributed by atoms with E-state index in [0.717, 1.165) is 22.5 Å². The fourth-order valence-electron chi connectivity index (χ4n) is 2.12. The van der Waals surface area contributed by atoms with Crippen LogP contribution in [0.2, 0.25) is 10.0 Å². The maximum atomic E-state index is 10.4. The quantitative estimate of drug-likeness (QED) is 0.940. The van der Waals surface area contributed by atoms with Gasteiger partial charge < -0.3 is 5.11 Å². The molecule has 1 aromatic carbocycles. The van der Waals surface area contributed by atoms with Gasteiger partial charge in [0.1, 0.15) is 0 Å².